The Hall–Kier alpha value is -4.07. The molecule has 40 heavy (non-hydrogen) atoms. The number of aliphatic hydroxyl groups is 1. The Morgan fingerprint density at radius 1 is 0.975 bits per heavy atom. The number of ketones is 1. The van der Waals surface area contributed by atoms with Crippen molar-refractivity contribution >= 4 is 45.4 Å². The SMILES string of the molecule is CCN1C(=O)C(C(=O)C(Cc2ccc(Cl)cc2)Nc2ccc3ccccc3c2)C(O)c2cc(OC)c(OC)cc21. The van der Waals surface area contributed by atoms with Crippen molar-refractivity contribution in [1.82, 2.24) is 0 Å². The van der Waals surface area contributed by atoms with Crippen molar-refractivity contribution in [2.24, 2.45) is 5.92 Å². The van der Waals surface area contributed by atoms with Gasteiger partial charge in [0.05, 0.1) is 32.1 Å². The van der Waals surface area contributed by atoms with E-state index >= 15 is 0 Å². The van der Waals surface area contributed by atoms with Crippen LogP contribution in [-0.4, -0.2) is 43.6 Å². The second kappa shape index (κ2) is 11.6. The number of rotatable bonds is 9. The van der Waals surface area contributed by atoms with Gasteiger partial charge in [0.25, 0.3) is 0 Å². The summed E-state index contributed by atoms with van der Waals surface area (Å²) in [6.45, 7) is 2.15. The summed E-state index contributed by atoms with van der Waals surface area (Å²) in [4.78, 5) is 29.6. The van der Waals surface area contributed by atoms with Gasteiger partial charge in [0, 0.05) is 28.9 Å². The predicted molar refractivity (Wildman–Crippen MR) is 158 cm³/mol. The van der Waals surface area contributed by atoms with Gasteiger partial charge in [-0.1, -0.05) is 54.1 Å². The van der Waals surface area contributed by atoms with Crippen LogP contribution in [0.15, 0.2) is 78.9 Å². The summed E-state index contributed by atoms with van der Waals surface area (Å²) in [5, 5.41) is 17.6. The Morgan fingerprint density at radius 2 is 1.65 bits per heavy atom. The van der Waals surface area contributed by atoms with Crippen LogP contribution in [0.4, 0.5) is 11.4 Å². The van der Waals surface area contributed by atoms with E-state index in [4.69, 9.17) is 21.1 Å². The molecule has 8 heteroatoms. The van der Waals surface area contributed by atoms with E-state index in [1.54, 1.807) is 24.3 Å². The van der Waals surface area contributed by atoms with Gasteiger partial charge in [-0.2, -0.15) is 0 Å². The molecule has 1 aliphatic rings. The maximum Gasteiger partial charge on any atom is 0.240 e. The topological polar surface area (TPSA) is 88.1 Å². The van der Waals surface area contributed by atoms with Crippen molar-refractivity contribution < 1.29 is 24.2 Å². The van der Waals surface area contributed by atoms with Crippen LogP contribution in [0.25, 0.3) is 10.8 Å². The van der Waals surface area contributed by atoms with Crippen molar-refractivity contribution in [2.75, 3.05) is 31.0 Å². The number of hydrogen-bond acceptors (Lipinski definition) is 6. The lowest BCUT2D eigenvalue weighted by molar-refractivity contribution is -0.138. The average Bonchev–Trinajstić information content (AvgIpc) is 2.97. The first kappa shape index (κ1) is 27.5. The number of methoxy groups -OCH3 is 2. The van der Waals surface area contributed by atoms with E-state index in [1.165, 1.54) is 19.1 Å². The minimum atomic E-state index is -1.36. The number of ether oxygens (including phenoxy) is 2. The number of hydrogen-bond donors (Lipinski definition) is 2. The number of carbonyl (C=O) groups is 2. The highest BCUT2D eigenvalue weighted by atomic mass is 35.5. The second-order valence-corrected chi connectivity index (χ2v) is 10.2. The zero-order valence-corrected chi connectivity index (χ0v) is 23.3. The molecule has 1 heterocycles. The van der Waals surface area contributed by atoms with Crippen LogP contribution in [0, 0.1) is 5.92 Å². The molecule has 0 radical (unpaired) electrons. The third kappa shape index (κ3) is 5.22. The first-order valence-electron chi connectivity index (χ1n) is 13.1. The van der Waals surface area contributed by atoms with E-state index in [-0.39, 0.29) is 0 Å². The molecule has 0 bridgehead atoms. The van der Waals surface area contributed by atoms with Gasteiger partial charge in [0.1, 0.15) is 5.92 Å². The minimum Gasteiger partial charge on any atom is -0.493 e. The maximum absolute atomic E-state index is 14.3. The fourth-order valence-electron chi connectivity index (χ4n) is 5.34. The number of aliphatic hydroxyl groups excluding tert-OH is 1. The van der Waals surface area contributed by atoms with Crippen LogP contribution in [0.3, 0.4) is 0 Å². The molecule has 3 unspecified atom stereocenters. The number of Topliss-reactive ketones (excluding diaryl/α,β-unsaturated/α-hetero) is 1. The normalized spacial score (nSPS) is 17.3. The number of nitrogens with zero attached hydrogens (tertiary/aromatic N) is 1. The third-order valence-corrected chi connectivity index (χ3v) is 7.65. The molecule has 4 aromatic rings. The number of fused-ring (bicyclic) bond motifs is 2. The van der Waals surface area contributed by atoms with Crippen molar-refractivity contribution in [1.29, 1.82) is 0 Å². The minimum absolute atomic E-state index is 0.296. The molecule has 1 amide bonds. The molecule has 0 aliphatic carbocycles. The van der Waals surface area contributed by atoms with Crippen LogP contribution in [0.5, 0.6) is 11.5 Å². The van der Waals surface area contributed by atoms with Gasteiger partial charge in [-0.15, -0.1) is 0 Å². The second-order valence-electron chi connectivity index (χ2n) is 9.76. The summed E-state index contributed by atoms with van der Waals surface area (Å²) >= 11 is 6.10. The smallest absolute Gasteiger partial charge is 0.240 e. The standard InChI is InChI=1S/C32H31ClN2O5/c1-4-35-26-18-28(40-3)27(39-2)17-24(26)30(36)29(32(35)38)31(37)25(15-19-9-12-22(33)13-10-19)34-23-14-11-20-7-5-6-8-21(20)16-23/h5-14,16-18,25,29-30,34,36H,4,15H2,1-3H3. The van der Waals surface area contributed by atoms with Crippen molar-refractivity contribution in [3.8, 4) is 11.5 Å². The summed E-state index contributed by atoms with van der Waals surface area (Å²) in [7, 11) is 3.01. The molecular formula is C32H31ClN2O5. The molecule has 0 spiro atoms. The number of nitrogens with one attached hydrogen (secondary N) is 1. The first-order chi connectivity index (χ1) is 19.3. The van der Waals surface area contributed by atoms with Crippen LogP contribution >= 0.6 is 11.6 Å². The highest BCUT2D eigenvalue weighted by Gasteiger charge is 2.46. The predicted octanol–water partition coefficient (Wildman–Crippen LogP) is 5.82. The molecule has 2 N–H and O–H groups in total. The van der Waals surface area contributed by atoms with Gasteiger partial charge in [-0.25, -0.2) is 0 Å². The molecule has 4 aromatic carbocycles. The van der Waals surface area contributed by atoms with Gasteiger partial charge in [0.15, 0.2) is 17.3 Å². The van der Waals surface area contributed by atoms with E-state index in [0.29, 0.717) is 40.7 Å². The Kier molecular flexibility index (Phi) is 7.96. The van der Waals surface area contributed by atoms with Gasteiger partial charge >= 0.3 is 0 Å². The van der Waals surface area contributed by atoms with Crippen LogP contribution in [-0.2, 0) is 16.0 Å². The molecule has 0 fully saturated rings. The molecule has 0 aromatic heterocycles. The quantitative estimate of drug-likeness (QED) is 0.252. The molecule has 0 saturated heterocycles. The highest BCUT2D eigenvalue weighted by Crippen LogP contribution is 2.44. The lowest BCUT2D eigenvalue weighted by Crippen LogP contribution is -2.50. The van der Waals surface area contributed by atoms with E-state index in [0.717, 1.165) is 22.0 Å². The van der Waals surface area contributed by atoms with Gasteiger partial charge in [0.2, 0.25) is 5.91 Å². The molecule has 1 aliphatic heterocycles. The van der Waals surface area contributed by atoms with E-state index < -0.39 is 29.8 Å². The Balaban J connectivity index is 1.54. The van der Waals surface area contributed by atoms with E-state index in [1.807, 2.05) is 61.5 Å². The van der Waals surface area contributed by atoms with Crippen LogP contribution < -0.4 is 19.7 Å². The molecule has 3 atom stereocenters. The highest BCUT2D eigenvalue weighted by molar-refractivity contribution is 6.30. The van der Waals surface area contributed by atoms with Crippen molar-refractivity contribution in [2.45, 2.75) is 25.5 Å². The monoisotopic (exact) mass is 558 g/mol. The van der Waals surface area contributed by atoms with Crippen LogP contribution in [0.1, 0.15) is 24.2 Å². The number of amides is 1. The number of anilines is 2. The zero-order chi connectivity index (χ0) is 28.4. The molecule has 5 rings (SSSR count). The molecule has 206 valence electrons. The van der Waals surface area contributed by atoms with E-state index in [9.17, 15) is 14.7 Å². The van der Waals surface area contributed by atoms with Crippen molar-refractivity contribution in [3.63, 3.8) is 0 Å². The van der Waals surface area contributed by atoms with Gasteiger partial charge in [-0.05, 0) is 60.0 Å². The zero-order valence-electron chi connectivity index (χ0n) is 22.6. The first-order valence-corrected chi connectivity index (χ1v) is 13.5. The fourth-order valence-corrected chi connectivity index (χ4v) is 5.46. The largest absolute Gasteiger partial charge is 0.493 e. The van der Waals surface area contributed by atoms with Crippen molar-refractivity contribution in [3.05, 3.63) is 95.0 Å². The summed E-state index contributed by atoms with van der Waals surface area (Å²) in [6.07, 6.45) is -1.06. The molecular weight excluding hydrogens is 528 g/mol. The Labute approximate surface area is 238 Å². The molecule has 7 nitrogen and oxygen atoms in total. The number of carbonyl (C=O) groups excluding carboxylic acids is 2. The summed E-state index contributed by atoms with van der Waals surface area (Å²) < 4.78 is 10.9. The maximum atomic E-state index is 14.3. The molecule has 0 saturated carbocycles. The lowest BCUT2D eigenvalue weighted by Gasteiger charge is -2.38. The summed E-state index contributed by atoms with van der Waals surface area (Å²) in [5.41, 5.74) is 2.54. The summed E-state index contributed by atoms with van der Waals surface area (Å²) in [5.74, 6) is -1.33. The Bertz CT molecular complexity index is 1560. The Morgan fingerprint density at radius 3 is 2.33 bits per heavy atom. The van der Waals surface area contributed by atoms with Crippen LogP contribution in [0.2, 0.25) is 5.02 Å². The average molecular weight is 559 g/mol. The fraction of sp³-hybridized carbons (Fsp3) is 0.250. The summed E-state index contributed by atoms with van der Waals surface area (Å²) in [6, 6.07) is 23.6. The number of benzene rings is 4. The number of halogens is 1. The van der Waals surface area contributed by atoms with E-state index in [2.05, 4.69) is 5.32 Å². The van der Waals surface area contributed by atoms with Gasteiger partial charge in [-0.3, -0.25) is 9.59 Å². The lowest BCUT2D eigenvalue weighted by atomic mass is 9.81. The van der Waals surface area contributed by atoms with Gasteiger partial charge < -0.3 is 24.8 Å². The third-order valence-electron chi connectivity index (χ3n) is 7.40.